The lowest BCUT2D eigenvalue weighted by atomic mass is 10.1. The molecule has 2 aromatic carbocycles. The first-order valence-corrected chi connectivity index (χ1v) is 9.56. The fraction of sp³-hybridized carbons (Fsp3) is 0.0455. The van der Waals surface area contributed by atoms with E-state index in [1.807, 2.05) is 41.8 Å². The summed E-state index contributed by atoms with van der Waals surface area (Å²) < 4.78 is 13.0. The molecule has 1 amide bonds. The minimum absolute atomic E-state index is 0.153. The number of carbonyl (C=O) groups is 1. The Kier molecular flexibility index (Phi) is 5.21. The maximum atomic E-state index is 13.0. The van der Waals surface area contributed by atoms with Gasteiger partial charge >= 0.3 is 0 Å². The molecule has 4 aromatic rings. The van der Waals surface area contributed by atoms with Gasteiger partial charge in [-0.2, -0.15) is 0 Å². The normalized spacial score (nSPS) is 10.6. The number of pyridine rings is 1. The van der Waals surface area contributed by atoms with E-state index < -0.39 is 0 Å². The van der Waals surface area contributed by atoms with Crippen molar-refractivity contribution in [3.8, 4) is 21.8 Å². The highest BCUT2D eigenvalue weighted by atomic mass is 32.1. The molecular formula is C22H16FN3OS. The number of hydrogen-bond acceptors (Lipinski definition) is 4. The van der Waals surface area contributed by atoms with Crippen LogP contribution in [0.3, 0.4) is 0 Å². The maximum absolute atomic E-state index is 13.0. The predicted molar refractivity (Wildman–Crippen MR) is 110 cm³/mol. The third-order valence-electron chi connectivity index (χ3n) is 4.15. The summed E-state index contributed by atoms with van der Waals surface area (Å²) in [6.07, 6.45) is 3.68. The minimum atomic E-state index is -0.314. The lowest BCUT2D eigenvalue weighted by Gasteiger charge is -2.07. The van der Waals surface area contributed by atoms with Crippen molar-refractivity contribution in [3.63, 3.8) is 0 Å². The van der Waals surface area contributed by atoms with Crippen molar-refractivity contribution in [3.05, 3.63) is 89.8 Å². The second-order valence-corrected chi connectivity index (χ2v) is 7.06. The Bertz CT molecular complexity index is 1090. The second kappa shape index (κ2) is 8.10. The number of halogens is 1. The Hall–Kier alpha value is -3.38. The molecule has 2 heterocycles. The van der Waals surface area contributed by atoms with Gasteiger partial charge in [0.2, 0.25) is 5.91 Å². The Morgan fingerprint density at radius 1 is 1.00 bits per heavy atom. The van der Waals surface area contributed by atoms with Crippen LogP contribution in [0.5, 0.6) is 0 Å². The lowest BCUT2D eigenvalue weighted by molar-refractivity contribution is -0.115. The van der Waals surface area contributed by atoms with Crippen molar-refractivity contribution in [1.82, 2.24) is 9.97 Å². The van der Waals surface area contributed by atoms with Crippen LogP contribution in [0.25, 0.3) is 21.8 Å². The molecule has 0 fully saturated rings. The molecule has 0 aliphatic heterocycles. The zero-order chi connectivity index (χ0) is 19.3. The number of hydrogen-bond donors (Lipinski definition) is 1. The smallest absolute Gasteiger partial charge is 0.228 e. The number of anilines is 1. The number of nitrogens with one attached hydrogen (secondary N) is 1. The number of carbonyl (C=O) groups excluding carboxylic acids is 1. The monoisotopic (exact) mass is 389 g/mol. The molecule has 0 atom stereocenters. The molecule has 0 radical (unpaired) electrons. The topological polar surface area (TPSA) is 54.9 Å². The molecule has 0 bridgehead atoms. The molecule has 0 aliphatic rings. The number of benzene rings is 2. The standard InChI is InChI=1S/C22H16FN3OS/c23-18-6-4-15(5-7-18)12-21(27)25-19-3-1-2-17(13-19)20-14-28-22(26-20)16-8-10-24-11-9-16/h1-11,13-14H,12H2,(H,25,27). The third-order valence-corrected chi connectivity index (χ3v) is 5.04. The molecule has 6 heteroatoms. The SMILES string of the molecule is O=C(Cc1ccc(F)cc1)Nc1cccc(-c2csc(-c3ccncc3)n2)c1. The highest BCUT2D eigenvalue weighted by Crippen LogP contribution is 2.29. The summed E-state index contributed by atoms with van der Waals surface area (Å²) >= 11 is 1.56. The molecule has 28 heavy (non-hydrogen) atoms. The summed E-state index contributed by atoms with van der Waals surface area (Å²) in [4.78, 5) is 21.0. The highest BCUT2D eigenvalue weighted by Gasteiger charge is 2.09. The summed E-state index contributed by atoms with van der Waals surface area (Å²) in [5.74, 6) is -0.467. The zero-order valence-corrected chi connectivity index (χ0v) is 15.6. The highest BCUT2D eigenvalue weighted by molar-refractivity contribution is 7.13. The summed E-state index contributed by atoms with van der Waals surface area (Å²) in [5.41, 5.74) is 4.26. The predicted octanol–water partition coefficient (Wildman–Crippen LogP) is 5.19. The first-order valence-electron chi connectivity index (χ1n) is 8.68. The van der Waals surface area contributed by atoms with Gasteiger partial charge in [0.15, 0.2) is 0 Å². The van der Waals surface area contributed by atoms with Gasteiger partial charge in [-0.25, -0.2) is 9.37 Å². The number of nitrogens with zero attached hydrogens (tertiary/aromatic N) is 2. The molecule has 0 spiro atoms. The Morgan fingerprint density at radius 2 is 1.79 bits per heavy atom. The molecule has 4 rings (SSSR count). The average Bonchev–Trinajstić information content (AvgIpc) is 3.21. The summed E-state index contributed by atoms with van der Waals surface area (Å²) in [7, 11) is 0. The van der Waals surface area contributed by atoms with Gasteiger partial charge < -0.3 is 5.32 Å². The molecule has 1 N–H and O–H groups in total. The quantitative estimate of drug-likeness (QED) is 0.511. The third kappa shape index (κ3) is 4.29. The van der Waals surface area contributed by atoms with Crippen molar-refractivity contribution < 1.29 is 9.18 Å². The molecule has 0 aliphatic carbocycles. The summed E-state index contributed by atoms with van der Waals surface area (Å²) in [6, 6.07) is 17.4. The molecular weight excluding hydrogens is 373 g/mol. The van der Waals surface area contributed by atoms with Crippen LogP contribution in [0.15, 0.2) is 78.4 Å². The van der Waals surface area contributed by atoms with E-state index in [9.17, 15) is 9.18 Å². The van der Waals surface area contributed by atoms with Crippen LogP contribution in [0.4, 0.5) is 10.1 Å². The summed E-state index contributed by atoms with van der Waals surface area (Å²) in [6.45, 7) is 0. The Morgan fingerprint density at radius 3 is 2.57 bits per heavy atom. The van der Waals surface area contributed by atoms with Crippen LogP contribution in [0, 0.1) is 5.82 Å². The molecule has 0 saturated carbocycles. The van der Waals surface area contributed by atoms with E-state index >= 15 is 0 Å². The first kappa shape index (κ1) is 18.0. The van der Waals surface area contributed by atoms with Crippen LogP contribution in [0.1, 0.15) is 5.56 Å². The largest absolute Gasteiger partial charge is 0.326 e. The molecule has 0 unspecified atom stereocenters. The molecule has 0 saturated heterocycles. The Balaban J connectivity index is 1.48. The fourth-order valence-corrected chi connectivity index (χ4v) is 3.62. The van der Waals surface area contributed by atoms with Gasteiger partial charge in [0.1, 0.15) is 10.8 Å². The number of aromatic nitrogens is 2. The minimum Gasteiger partial charge on any atom is -0.326 e. The van der Waals surface area contributed by atoms with Crippen molar-refractivity contribution in [2.24, 2.45) is 0 Å². The molecule has 138 valence electrons. The second-order valence-electron chi connectivity index (χ2n) is 6.21. The molecule has 2 aromatic heterocycles. The van der Waals surface area contributed by atoms with E-state index in [1.54, 1.807) is 35.9 Å². The number of thiazole rings is 1. The van der Waals surface area contributed by atoms with Gasteiger partial charge in [0, 0.05) is 34.6 Å². The van der Waals surface area contributed by atoms with Crippen molar-refractivity contribution in [1.29, 1.82) is 0 Å². The van der Waals surface area contributed by atoms with Gasteiger partial charge in [0.05, 0.1) is 12.1 Å². The van der Waals surface area contributed by atoms with E-state index in [0.717, 1.165) is 27.4 Å². The first-order chi connectivity index (χ1) is 13.7. The number of amides is 1. The van der Waals surface area contributed by atoms with E-state index in [4.69, 9.17) is 0 Å². The van der Waals surface area contributed by atoms with Crippen LogP contribution in [-0.4, -0.2) is 15.9 Å². The van der Waals surface area contributed by atoms with Crippen molar-refractivity contribution in [2.45, 2.75) is 6.42 Å². The van der Waals surface area contributed by atoms with Gasteiger partial charge in [-0.3, -0.25) is 9.78 Å². The van der Waals surface area contributed by atoms with Gasteiger partial charge in [0.25, 0.3) is 0 Å². The van der Waals surface area contributed by atoms with E-state index in [-0.39, 0.29) is 18.1 Å². The number of rotatable bonds is 5. The van der Waals surface area contributed by atoms with Gasteiger partial charge in [-0.05, 0) is 42.0 Å². The van der Waals surface area contributed by atoms with Crippen LogP contribution in [0.2, 0.25) is 0 Å². The maximum Gasteiger partial charge on any atom is 0.228 e. The van der Waals surface area contributed by atoms with Crippen LogP contribution >= 0.6 is 11.3 Å². The Labute approximate surface area is 165 Å². The fourth-order valence-electron chi connectivity index (χ4n) is 2.78. The van der Waals surface area contributed by atoms with E-state index in [2.05, 4.69) is 15.3 Å². The lowest BCUT2D eigenvalue weighted by Crippen LogP contribution is -2.14. The van der Waals surface area contributed by atoms with Crippen molar-refractivity contribution >= 4 is 22.9 Å². The van der Waals surface area contributed by atoms with Gasteiger partial charge in [-0.15, -0.1) is 11.3 Å². The van der Waals surface area contributed by atoms with Crippen LogP contribution in [-0.2, 0) is 11.2 Å². The average molecular weight is 389 g/mol. The van der Waals surface area contributed by atoms with Gasteiger partial charge in [-0.1, -0.05) is 24.3 Å². The zero-order valence-electron chi connectivity index (χ0n) is 14.8. The summed E-state index contributed by atoms with van der Waals surface area (Å²) in [5, 5.41) is 5.80. The van der Waals surface area contributed by atoms with E-state index in [0.29, 0.717) is 5.69 Å². The van der Waals surface area contributed by atoms with Crippen molar-refractivity contribution in [2.75, 3.05) is 5.32 Å². The van der Waals surface area contributed by atoms with E-state index in [1.165, 1.54) is 12.1 Å². The molecule has 4 nitrogen and oxygen atoms in total. The van der Waals surface area contributed by atoms with Crippen LogP contribution < -0.4 is 5.32 Å².